The number of hydrogen-bond acceptors (Lipinski definition) is 6. The minimum Gasteiger partial charge on any atom is -0.506 e. The van der Waals surface area contributed by atoms with Crippen molar-refractivity contribution in [3.05, 3.63) is 16.4 Å². The second kappa shape index (κ2) is 5.58. The van der Waals surface area contributed by atoms with E-state index in [0.717, 1.165) is 47.4 Å². The van der Waals surface area contributed by atoms with Crippen LogP contribution in [0.4, 0.5) is 0 Å². The molecular weight excluding hydrogens is 356 g/mol. The van der Waals surface area contributed by atoms with Gasteiger partial charge in [-0.3, -0.25) is 9.59 Å². The third-order valence-corrected chi connectivity index (χ3v) is 8.53. The maximum Gasteiger partial charge on any atom is 0.253 e. The highest BCUT2D eigenvalue weighted by Gasteiger charge is 2.54. The molecule has 132 valence electrons. The monoisotopic (exact) mass is 376 g/mol. The molecule has 2 aromatic heterocycles. The Morgan fingerprint density at radius 3 is 2.56 bits per heavy atom. The van der Waals surface area contributed by atoms with E-state index in [1.54, 1.807) is 0 Å². The number of aromatic nitrogens is 2. The zero-order valence-electron chi connectivity index (χ0n) is 13.8. The molecule has 2 heterocycles. The van der Waals surface area contributed by atoms with Gasteiger partial charge in [0.2, 0.25) is 0 Å². The minimum atomic E-state index is -0.364. The highest BCUT2D eigenvalue weighted by atomic mass is 32.2. The molecule has 7 heteroatoms. The summed E-state index contributed by atoms with van der Waals surface area (Å²) in [4.78, 5) is 31.5. The highest BCUT2D eigenvalue weighted by molar-refractivity contribution is 8.01. The normalized spacial score (nSPS) is 33.2. The largest absolute Gasteiger partial charge is 0.506 e. The van der Waals surface area contributed by atoms with Gasteiger partial charge in [-0.25, -0.2) is 4.98 Å². The van der Waals surface area contributed by atoms with E-state index in [4.69, 9.17) is 0 Å². The van der Waals surface area contributed by atoms with E-state index in [0.29, 0.717) is 21.9 Å². The summed E-state index contributed by atoms with van der Waals surface area (Å²) in [5.74, 6) is 3.08. The summed E-state index contributed by atoms with van der Waals surface area (Å²) >= 11 is 2.77. The highest BCUT2D eigenvalue weighted by Crippen LogP contribution is 2.60. The number of thiazole rings is 1. The number of hydrogen-bond donors (Lipinski definition) is 2. The van der Waals surface area contributed by atoms with E-state index in [9.17, 15) is 14.7 Å². The summed E-state index contributed by atoms with van der Waals surface area (Å²) in [7, 11) is 0. The number of nitrogens with zero attached hydrogens (tertiary/aromatic N) is 1. The Balaban J connectivity index is 1.34. The van der Waals surface area contributed by atoms with Crippen LogP contribution in [0.15, 0.2) is 15.2 Å². The molecule has 4 bridgehead atoms. The number of aromatic amines is 1. The van der Waals surface area contributed by atoms with Gasteiger partial charge < -0.3 is 10.1 Å². The van der Waals surface area contributed by atoms with Gasteiger partial charge in [0, 0.05) is 11.5 Å². The van der Waals surface area contributed by atoms with Crippen LogP contribution >= 0.6 is 23.1 Å². The van der Waals surface area contributed by atoms with Crippen molar-refractivity contribution in [3.8, 4) is 5.75 Å². The van der Waals surface area contributed by atoms with E-state index >= 15 is 0 Å². The molecule has 0 aromatic carbocycles. The number of pyridine rings is 1. The van der Waals surface area contributed by atoms with Gasteiger partial charge in [0.15, 0.2) is 9.99 Å². The van der Waals surface area contributed by atoms with Crippen molar-refractivity contribution in [3.63, 3.8) is 0 Å². The number of aromatic hydroxyl groups is 1. The van der Waals surface area contributed by atoms with Crippen LogP contribution in [0.3, 0.4) is 0 Å². The number of rotatable bonds is 4. The van der Waals surface area contributed by atoms with Gasteiger partial charge in [-0.05, 0) is 56.3 Å². The predicted molar refractivity (Wildman–Crippen MR) is 98.2 cm³/mol. The van der Waals surface area contributed by atoms with Crippen LogP contribution in [0.5, 0.6) is 5.75 Å². The van der Waals surface area contributed by atoms with Crippen LogP contribution in [0, 0.1) is 23.2 Å². The second-order valence-corrected chi connectivity index (χ2v) is 10.3. The smallest absolute Gasteiger partial charge is 0.253 e. The number of nitrogens with one attached hydrogen (secondary N) is 1. The van der Waals surface area contributed by atoms with Crippen molar-refractivity contribution < 1.29 is 9.90 Å². The molecule has 0 amide bonds. The Morgan fingerprint density at radius 2 is 1.92 bits per heavy atom. The fraction of sp³-hybridized carbons (Fsp3) is 0.611. The summed E-state index contributed by atoms with van der Waals surface area (Å²) in [5.41, 5.74) is -0.0363. The third-order valence-electron chi connectivity index (χ3n) is 6.31. The Bertz CT molecular complexity index is 881. The molecule has 2 aromatic rings. The van der Waals surface area contributed by atoms with E-state index < -0.39 is 0 Å². The summed E-state index contributed by atoms with van der Waals surface area (Å²) < 4.78 is 1.30. The molecule has 0 saturated heterocycles. The van der Waals surface area contributed by atoms with Crippen molar-refractivity contribution in [1.82, 2.24) is 9.97 Å². The van der Waals surface area contributed by atoms with Crippen molar-refractivity contribution in [2.45, 2.75) is 42.9 Å². The van der Waals surface area contributed by atoms with Crippen LogP contribution in [0.1, 0.15) is 38.5 Å². The van der Waals surface area contributed by atoms with Gasteiger partial charge in [-0.15, -0.1) is 11.3 Å². The SMILES string of the molecule is O=C(CSc1nc2[nH]c(=O)cc(O)c2s1)C12CC3CC(CC(C3)C1)C2. The fourth-order valence-corrected chi connectivity index (χ4v) is 7.74. The summed E-state index contributed by atoms with van der Waals surface area (Å²) in [6, 6.07) is 1.16. The van der Waals surface area contributed by atoms with Gasteiger partial charge in [-0.2, -0.15) is 0 Å². The first-order chi connectivity index (χ1) is 12.0. The van der Waals surface area contributed by atoms with Gasteiger partial charge in [0.05, 0.1) is 5.75 Å². The lowest BCUT2D eigenvalue weighted by Gasteiger charge is -2.56. The van der Waals surface area contributed by atoms with Crippen LogP contribution < -0.4 is 5.56 Å². The topological polar surface area (TPSA) is 83.0 Å². The molecule has 0 aliphatic heterocycles. The van der Waals surface area contributed by atoms with Gasteiger partial charge in [0.1, 0.15) is 16.2 Å². The first-order valence-corrected chi connectivity index (χ1v) is 10.7. The molecule has 4 aliphatic carbocycles. The molecule has 4 saturated carbocycles. The Hall–Kier alpha value is -1.34. The number of fused-ring (bicyclic) bond motifs is 1. The van der Waals surface area contributed by atoms with Crippen LogP contribution in [-0.2, 0) is 4.79 Å². The van der Waals surface area contributed by atoms with E-state index in [1.807, 2.05) is 0 Å². The average Bonchev–Trinajstić information content (AvgIpc) is 2.94. The lowest BCUT2D eigenvalue weighted by atomic mass is 9.48. The Labute approximate surface area is 153 Å². The first-order valence-electron chi connectivity index (χ1n) is 8.90. The molecule has 4 aliphatic rings. The fourth-order valence-electron chi connectivity index (χ4n) is 5.70. The Morgan fingerprint density at radius 1 is 1.28 bits per heavy atom. The lowest BCUT2D eigenvalue weighted by molar-refractivity contribution is -0.141. The number of carbonyl (C=O) groups excluding carboxylic acids is 1. The van der Waals surface area contributed by atoms with Gasteiger partial charge in [0.25, 0.3) is 5.56 Å². The quantitative estimate of drug-likeness (QED) is 0.797. The number of carbonyl (C=O) groups is 1. The zero-order valence-corrected chi connectivity index (χ0v) is 15.4. The summed E-state index contributed by atoms with van der Waals surface area (Å²) in [5, 5.41) is 9.87. The molecule has 5 nitrogen and oxygen atoms in total. The minimum absolute atomic E-state index is 0.0458. The summed E-state index contributed by atoms with van der Waals surface area (Å²) in [6.07, 6.45) is 7.28. The molecule has 25 heavy (non-hydrogen) atoms. The molecule has 0 radical (unpaired) electrons. The van der Waals surface area contributed by atoms with Crippen molar-refractivity contribution in [2.24, 2.45) is 23.2 Å². The summed E-state index contributed by atoms with van der Waals surface area (Å²) in [6.45, 7) is 0. The number of H-pyrrole nitrogens is 1. The molecule has 0 spiro atoms. The average molecular weight is 377 g/mol. The molecule has 0 atom stereocenters. The standard InChI is InChI=1S/C18H20N2O3S2/c21-12-4-14(23)19-16-15(12)25-17(20-16)24-8-13(22)18-5-9-1-10(6-18)3-11(2-9)7-18/h4,9-11H,1-3,5-8H2,(H2,19,21,23). The second-order valence-electron chi connectivity index (χ2n) is 8.09. The maximum absolute atomic E-state index is 13.1. The van der Waals surface area contributed by atoms with Crippen LogP contribution in [-0.4, -0.2) is 26.6 Å². The molecule has 4 fully saturated rings. The van der Waals surface area contributed by atoms with E-state index in [2.05, 4.69) is 9.97 Å². The van der Waals surface area contributed by atoms with Crippen LogP contribution in [0.2, 0.25) is 0 Å². The number of Topliss-reactive ketones (excluding diaryl/α,β-unsaturated/α-hetero) is 1. The Kier molecular flexibility index (Phi) is 3.54. The van der Waals surface area contributed by atoms with Crippen molar-refractivity contribution in [2.75, 3.05) is 5.75 Å². The molecule has 6 rings (SSSR count). The molecule has 2 N–H and O–H groups in total. The maximum atomic E-state index is 13.1. The van der Waals surface area contributed by atoms with Crippen molar-refractivity contribution in [1.29, 1.82) is 0 Å². The first kappa shape index (κ1) is 15.9. The van der Waals surface area contributed by atoms with Crippen molar-refractivity contribution >= 4 is 39.2 Å². The van der Waals surface area contributed by atoms with Crippen LogP contribution in [0.25, 0.3) is 10.3 Å². The number of ketones is 1. The van der Waals surface area contributed by atoms with Gasteiger partial charge >= 0.3 is 0 Å². The number of thioether (sulfide) groups is 1. The van der Waals surface area contributed by atoms with Gasteiger partial charge in [-0.1, -0.05) is 11.8 Å². The zero-order chi connectivity index (χ0) is 17.2. The van der Waals surface area contributed by atoms with E-state index in [1.165, 1.54) is 42.4 Å². The molecular formula is C18H20N2O3S2. The third kappa shape index (κ3) is 2.63. The molecule has 0 unspecified atom stereocenters. The lowest BCUT2D eigenvalue weighted by Crippen LogP contribution is -2.50. The van der Waals surface area contributed by atoms with E-state index in [-0.39, 0.29) is 16.7 Å². The predicted octanol–water partition coefficient (Wildman–Crippen LogP) is 3.57.